The third-order valence-corrected chi connectivity index (χ3v) is 7.03. The minimum absolute atomic E-state index is 0.0130. The summed E-state index contributed by atoms with van der Waals surface area (Å²) < 4.78 is 31.7. The molecule has 0 aliphatic heterocycles. The molecule has 0 saturated carbocycles. The van der Waals surface area contributed by atoms with Gasteiger partial charge in [0.2, 0.25) is 0 Å². The number of nitrogens with zero attached hydrogens (tertiary/aromatic N) is 2. The minimum atomic E-state index is -3.98. The van der Waals surface area contributed by atoms with Crippen LogP contribution in [-0.2, 0) is 10.0 Å². The first-order valence-corrected chi connectivity index (χ1v) is 9.20. The maximum atomic E-state index is 12.8. The smallest absolute Gasteiger partial charge is 0.406 e. The molecular weight excluding hydrogens is 418 g/mol. The van der Waals surface area contributed by atoms with E-state index in [1.54, 1.807) is 5.38 Å². The van der Waals surface area contributed by atoms with Crippen molar-refractivity contribution in [3.8, 4) is 0 Å². The molecule has 0 spiro atoms. The van der Waals surface area contributed by atoms with Crippen LogP contribution < -0.4 is 10.1 Å². The van der Waals surface area contributed by atoms with Crippen LogP contribution in [0.5, 0.6) is 0 Å². The van der Waals surface area contributed by atoms with Gasteiger partial charge in [0.1, 0.15) is 9.92 Å². The largest absolute Gasteiger partial charge is 0.417 e. The van der Waals surface area contributed by atoms with E-state index in [0.29, 0.717) is 10.6 Å². The van der Waals surface area contributed by atoms with Crippen molar-refractivity contribution in [2.75, 3.05) is 11.4 Å². The van der Waals surface area contributed by atoms with Gasteiger partial charge in [-0.3, -0.25) is 4.98 Å². The number of hydrogen-bond donors (Lipinski definition) is 1. The lowest BCUT2D eigenvalue weighted by Gasteiger charge is -2.18. The van der Waals surface area contributed by atoms with Crippen molar-refractivity contribution in [1.82, 2.24) is 9.97 Å². The van der Waals surface area contributed by atoms with Crippen molar-refractivity contribution in [2.45, 2.75) is 4.90 Å². The van der Waals surface area contributed by atoms with Gasteiger partial charge in [0.25, 0.3) is 10.0 Å². The molecule has 22 heavy (non-hydrogen) atoms. The van der Waals surface area contributed by atoms with E-state index in [0.717, 1.165) is 4.31 Å². The van der Waals surface area contributed by atoms with Gasteiger partial charge in [-0.2, -0.15) is 0 Å². The molecule has 2 aromatic heterocycles. The van der Waals surface area contributed by atoms with Crippen molar-refractivity contribution in [3.05, 3.63) is 37.7 Å². The van der Waals surface area contributed by atoms with Gasteiger partial charge < -0.3 is 4.42 Å². The fourth-order valence-corrected chi connectivity index (χ4v) is 5.63. The number of anilines is 1. The van der Waals surface area contributed by atoms with E-state index < -0.39 is 15.8 Å². The number of fused-ring (bicyclic) bond motifs is 1. The quantitative estimate of drug-likeness (QED) is 0.697. The molecule has 3 aromatic rings. The van der Waals surface area contributed by atoms with E-state index in [9.17, 15) is 13.2 Å². The molecule has 7 nitrogen and oxygen atoms in total. The van der Waals surface area contributed by atoms with Crippen molar-refractivity contribution < 1.29 is 12.8 Å². The van der Waals surface area contributed by atoms with Crippen LogP contribution in [0.1, 0.15) is 0 Å². The molecule has 0 bridgehead atoms. The fraction of sp³-hybridized carbons (Fsp3) is 0.0909. The Hall–Kier alpha value is -1.36. The summed E-state index contributed by atoms with van der Waals surface area (Å²) in [5.41, 5.74) is 0.290. The van der Waals surface area contributed by atoms with Gasteiger partial charge in [0, 0.05) is 23.1 Å². The average Bonchev–Trinajstić information content (AvgIpc) is 3.06. The SMILES string of the molecule is CN(c1nccs1)S(=O)(=O)c1c(Br)cc2[nH]c(=O)oc2c1Cl. The van der Waals surface area contributed by atoms with E-state index in [1.165, 1.54) is 30.6 Å². The van der Waals surface area contributed by atoms with Crippen molar-refractivity contribution in [2.24, 2.45) is 0 Å². The number of aromatic amines is 1. The van der Waals surface area contributed by atoms with Gasteiger partial charge in [-0.25, -0.2) is 22.5 Å². The van der Waals surface area contributed by atoms with E-state index in [4.69, 9.17) is 16.0 Å². The molecule has 0 unspecified atom stereocenters. The molecule has 0 aliphatic carbocycles. The van der Waals surface area contributed by atoms with E-state index in [-0.39, 0.29) is 20.0 Å². The topological polar surface area (TPSA) is 96.3 Å². The highest BCUT2D eigenvalue weighted by molar-refractivity contribution is 9.10. The van der Waals surface area contributed by atoms with Gasteiger partial charge >= 0.3 is 5.76 Å². The van der Waals surface area contributed by atoms with Gasteiger partial charge in [0.05, 0.1) is 5.52 Å². The fourth-order valence-electron chi connectivity index (χ4n) is 1.85. The number of nitrogens with one attached hydrogen (secondary N) is 1. The molecule has 0 atom stereocenters. The normalized spacial score (nSPS) is 12.0. The summed E-state index contributed by atoms with van der Waals surface area (Å²) in [6, 6.07) is 1.43. The van der Waals surface area contributed by atoms with Crippen LogP contribution in [0.15, 0.2) is 36.2 Å². The Labute approximate surface area is 141 Å². The molecule has 0 amide bonds. The monoisotopic (exact) mass is 423 g/mol. The first-order valence-electron chi connectivity index (χ1n) is 5.71. The van der Waals surface area contributed by atoms with Gasteiger partial charge in [-0.1, -0.05) is 11.6 Å². The lowest BCUT2D eigenvalue weighted by molar-refractivity contribution is 0.554. The van der Waals surface area contributed by atoms with Crippen LogP contribution in [0.4, 0.5) is 5.13 Å². The molecule has 1 aromatic carbocycles. The standard InChI is InChI=1S/C11H7BrClN3O4S2/c1-16(10-14-2-3-21-10)22(18,19)9-5(12)4-6-8(7(9)13)20-11(17)15-6/h2-4H,1H3,(H,15,17). The van der Waals surface area contributed by atoms with Crippen LogP contribution in [-0.4, -0.2) is 25.4 Å². The summed E-state index contributed by atoms with van der Waals surface area (Å²) >= 11 is 10.5. The molecule has 116 valence electrons. The molecule has 1 N–H and O–H groups in total. The van der Waals surface area contributed by atoms with E-state index >= 15 is 0 Å². The first kappa shape index (κ1) is 15.5. The van der Waals surface area contributed by atoms with Crippen LogP contribution in [0.3, 0.4) is 0 Å². The third kappa shape index (κ3) is 2.35. The summed E-state index contributed by atoms with van der Waals surface area (Å²) in [6.07, 6.45) is 1.50. The van der Waals surface area contributed by atoms with Crippen molar-refractivity contribution >= 4 is 65.1 Å². The Kier molecular flexibility index (Phi) is 3.79. The van der Waals surface area contributed by atoms with Crippen molar-refractivity contribution in [1.29, 1.82) is 0 Å². The molecule has 3 rings (SSSR count). The van der Waals surface area contributed by atoms with Gasteiger partial charge in [0.15, 0.2) is 10.7 Å². The van der Waals surface area contributed by atoms with Crippen LogP contribution in [0.2, 0.25) is 5.02 Å². The van der Waals surface area contributed by atoms with Gasteiger partial charge in [-0.05, 0) is 22.0 Å². The zero-order chi connectivity index (χ0) is 16.1. The molecular formula is C11H7BrClN3O4S2. The zero-order valence-electron chi connectivity index (χ0n) is 10.8. The van der Waals surface area contributed by atoms with Gasteiger partial charge in [-0.15, -0.1) is 11.3 Å². The number of aromatic nitrogens is 2. The van der Waals surface area contributed by atoms with Crippen LogP contribution >= 0.6 is 38.9 Å². The van der Waals surface area contributed by atoms with Crippen LogP contribution in [0.25, 0.3) is 11.1 Å². The summed E-state index contributed by atoms with van der Waals surface area (Å²) in [4.78, 5) is 17.5. The molecule has 0 fully saturated rings. The minimum Gasteiger partial charge on any atom is -0.406 e. The zero-order valence-corrected chi connectivity index (χ0v) is 14.8. The molecule has 0 aliphatic rings. The number of thiazole rings is 1. The third-order valence-electron chi connectivity index (χ3n) is 2.87. The average molecular weight is 425 g/mol. The number of rotatable bonds is 3. The molecule has 2 heterocycles. The Morgan fingerprint density at radius 2 is 2.23 bits per heavy atom. The van der Waals surface area contributed by atoms with E-state index in [1.807, 2.05) is 0 Å². The number of sulfonamides is 1. The van der Waals surface area contributed by atoms with Crippen LogP contribution in [0, 0.1) is 0 Å². The Morgan fingerprint density at radius 3 is 2.86 bits per heavy atom. The number of oxazole rings is 1. The maximum Gasteiger partial charge on any atom is 0.417 e. The second-order valence-electron chi connectivity index (χ2n) is 4.18. The molecule has 11 heteroatoms. The highest BCUT2D eigenvalue weighted by Gasteiger charge is 2.30. The predicted molar refractivity (Wildman–Crippen MR) is 87.2 cm³/mol. The second kappa shape index (κ2) is 5.37. The predicted octanol–water partition coefficient (Wildman–Crippen LogP) is 2.82. The molecule has 0 saturated heterocycles. The Bertz CT molecular complexity index is 1010. The molecule has 0 radical (unpaired) electrons. The lowest BCUT2D eigenvalue weighted by Crippen LogP contribution is -2.27. The number of H-pyrrole nitrogens is 1. The van der Waals surface area contributed by atoms with E-state index in [2.05, 4.69) is 25.9 Å². The highest BCUT2D eigenvalue weighted by atomic mass is 79.9. The second-order valence-corrected chi connectivity index (χ2v) is 8.19. The van der Waals surface area contributed by atoms with Crippen molar-refractivity contribution in [3.63, 3.8) is 0 Å². The summed E-state index contributed by atoms with van der Waals surface area (Å²) in [7, 11) is -2.61. The Balaban J connectivity index is 2.27. The first-order chi connectivity index (χ1) is 10.3. The summed E-state index contributed by atoms with van der Waals surface area (Å²) in [6.45, 7) is 0. The Morgan fingerprint density at radius 1 is 1.50 bits per heavy atom. The maximum absolute atomic E-state index is 12.8. The number of halogens is 2. The number of hydrogen-bond acceptors (Lipinski definition) is 6. The summed E-state index contributed by atoms with van der Waals surface area (Å²) in [5, 5.41) is 1.77. The highest BCUT2D eigenvalue weighted by Crippen LogP contribution is 2.38. The lowest BCUT2D eigenvalue weighted by atomic mass is 10.3. The number of benzene rings is 1. The summed E-state index contributed by atoms with van der Waals surface area (Å²) in [5.74, 6) is -0.716.